The molecule has 0 spiro atoms. The summed E-state index contributed by atoms with van der Waals surface area (Å²) in [6.07, 6.45) is 5.30. The number of ether oxygens (including phenoxy) is 3. The predicted molar refractivity (Wildman–Crippen MR) is 128 cm³/mol. The van der Waals surface area contributed by atoms with Gasteiger partial charge in [0.05, 0.1) is 26.2 Å². The van der Waals surface area contributed by atoms with E-state index in [1.165, 1.54) is 5.56 Å². The Morgan fingerprint density at radius 3 is 2.28 bits per heavy atom. The lowest BCUT2D eigenvalue weighted by Gasteiger charge is -2.35. The van der Waals surface area contributed by atoms with E-state index in [2.05, 4.69) is 40.5 Å². The fraction of sp³-hybridized carbons (Fsp3) is 0.400. The normalized spacial score (nSPS) is 20.9. The number of nitrogens with one attached hydrogen (secondary N) is 1. The molecule has 2 saturated heterocycles. The Hall–Kier alpha value is -2.64. The van der Waals surface area contributed by atoms with E-state index in [0.717, 1.165) is 37.9 Å². The maximum absolute atomic E-state index is 12.7. The molecule has 2 aromatic carbocycles. The van der Waals surface area contributed by atoms with Crippen LogP contribution in [-0.4, -0.2) is 50.7 Å². The van der Waals surface area contributed by atoms with Gasteiger partial charge >= 0.3 is 0 Å². The van der Waals surface area contributed by atoms with E-state index in [9.17, 15) is 4.79 Å². The SMILES string of the molecule is COc1cc(C=C2SC(N3CCC(Cc4ccccc4)CC3)NC2=O)cc(OC)c1OC. The van der Waals surface area contributed by atoms with Crippen LogP contribution in [0.5, 0.6) is 17.2 Å². The number of piperidine rings is 1. The minimum Gasteiger partial charge on any atom is -0.493 e. The molecule has 7 heteroatoms. The van der Waals surface area contributed by atoms with Gasteiger partial charge in [-0.05, 0) is 54.5 Å². The van der Waals surface area contributed by atoms with Crippen molar-refractivity contribution in [1.29, 1.82) is 0 Å². The van der Waals surface area contributed by atoms with Crippen LogP contribution in [-0.2, 0) is 11.2 Å². The zero-order valence-corrected chi connectivity index (χ0v) is 19.6. The molecule has 0 radical (unpaired) electrons. The molecule has 2 fully saturated rings. The highest BCUT2D eigenvalue weighted by Crippen LogP contribution is 2.40. The number of carbonyl (C=O) groups is 1. The summed E-state index contributed by atoms with van der Waals surface area (Å²) in [6, 6.07) is 14.4. The molecule has 6 nitrogen and oxygen atoms in total. The van der Waals surface area contributed by atoms with Crippen molar-refractivity contribution in [2.75, 3.05) is 34.4 Å². The number of hydrogen-bond donors (Lipinski definition) is 1. The molecule has 2 aromatic rings. The Labute approximate surface area is 193 Å². The van der Waals surface area contributed by atoms with Gasteiger partial charge in [-0.2, -0.15) is 0 Å². The summed E-state index contributed by atoms with van der Waals surface area (Å²) in [5.74, 6) is 2.33. The van der Waals surface area contributed by atoms with E-state index in [1.54, 1.807) is 33.1 Å². The average molecular weight is 455 g/mol. The maximum atomic E-state index is 12.7. The van der Waals surface area contributed by atoms with Gasteiger partial charge in [0, 0.05) is 13.1 Å². The van der Waals surface area contributed by atoms with Crippen LogP contribution in [0.3, 0.4) is 0 Å². The van der Waals surface area contributed by atoms with Crippen LogP contribution in [0.25, 0.3) is 6.08 Å². The summed E-state index contributed by atoms with van der Waals surface area (Å²) in [5, 5.41) is 3.13. The Kier molecular flexibility index (Phi) is 7.27. The van der Waals surface area contributed by atoms with E-state index >= 15 is 0 Å². The molecular weight excluding hydrogens is 424 g/mol. The van der Waals surface area contributed by atoms with Crippen molar-refractivity contribution in [3.63, 3.8) is 0 Å². The van der Waals surface area contributed by atoms with Crippen LogP contribution in [0.2, 0.25) is 0 Å². The lowest BCUT2D eigenvalue weighted by Crippen LogP contribution is -2.45. The van der Waals surface area contributed by atoms with Gasteiger partial charge in [0.2, 0.25) is 5.75 Å². The average Bonchev–Trinajstić information content (AvgIpc) is 3.19. The molecule has 0 saturated carbocycles. The van der Waals surface area contributed by atoms with Crippen molar-refractivity contribution in [2.45, 2.75) is 24.8 Å². The van der Waals surface area contributed by atoms with Gasteiger partial charge in [-0.15, -0.1) is 0 Å². The molecule has 1 atom stereocenters. The molecule has 32 heavy (non-hydrogen) atoms. The largest absolute Gasteiger partial charge is 0.493 e. The van der Waals surface area contributed by atoms with Crippen molar-refractivity contribution in [2.24, 2.45) is 5.92 Å². The number of thioether (sulfide) groups is 1. The molecule has 0 aromatic heterocycles. The summed E-state index contributed by atoms with van der Waals surface area (Å²) >= 11 is 1.58. The third kappa shape index (κ3) is 5.05. The van der Waals surface area contributed by atoms with Gasteiger partial charge in [-0.1, -0.05) is 42.1 Å². The summed E-state index contributed by atoms with van der Waals surface area (Å²) in [4.78, 5) is 15.7. The molecule has 2 heterocycles. The molecule has 0 aliphatic carbocycles. The minimum atomic E-state index is -0.0415. The minimum absolute atomic E-state index is 0.0199. The second kappa shape index (κ2) is 10.3. The Morgan fingerprint density at radius 2 is 1.69 bits per heavy atom. The zero-order valence-electron chi connectivity index (χ0n) is 18.8. The Bertz CT molecular complexity index is 946. The molecule has 170 valence electrons. The van der Waals surface area contributed by atoms with Gasteiger partial charge in [0.25, 0.3) is 5.91 Å². The number of rotatable bonds is 7. The van der Waals surface area contributed by atoms with E-state index in [1.807, 2.05) is 18.2 Å². The number of hydrogen-bond acceptors (Lipinski definition) is 6. The molecule has 2 aliphatic rings. The first-order valence-corrected chi connectivity index (χ1v) is 11.8. The van der Waals surface area contributed by atoms with Crippen molar-refractivity contribution in [3.8, 4) is 17.2 Å². The molecular formula is C25H30N2O4S. The standard InChI is InChI=1S/C25H30N2O4S/c1-29-20-14-19(15-21(30-2)23(20)31-3)16-22-24(28)26-25(32-22)27-11-9-18(10-12-27)13-17-7-5-4-6-8-17/h4-8,14-16,18,25H,9-13H2,1-3H3,(H,26,28). The molecule has 1 amide bonds. The number of benzene rings is 2. The fourth-order valence-electron chi connectivity index (χ4n) is 4.33. The van der Waals surface area contributed by atoms with Crippen LogP contribution >= 0.6 is 11.8 Å². The predicted octanol–water partition coefficient (Wildman–Crippen LogP) is 4.15. The lowest BCUT2D eigenvalue weighted by atomic mass is 9.90. The van der Waals surface area contributed by atoms with Crippen molar-refractivity contribution in [1.82, 2.24) is 10.2 Å². The number of carbonyl (C=O) groups excluding carboxylic acids is 1. The summed E-state index contributed by atoms with van der Waals surface area (Å²) < 4.78 is 16.2. The maximum Gasteiger partial charge on any atom is 0.259 e. The van der Waals surface area contributed by atoms with Crippen molar-refractivity contribution in [3.05, 3.63) is 58.5 Å². The highest BCUT2D eigenvalue weighted by Gasteiger charge is 2.34. The molecule has 1 N–H and O–H groups in total. The third-order valence-corrected chi connectivity index (χ3v) is 7.25. The molecule has 0 bridgehead atoms. The second-order valence-electron chi connectivity index (χ2n) is 8.08. The molecule has 2 aliphatic heterocycles. The quantitative estimate of drug-likeness (QED) is 0.634. The number of amides is 1. The second-order valence-corrected chi connectivity index (χ2v) is 9.20. The summed E-state index contributed by atoms with van der Waals surface area (Å²) in [5.41, 5.74) is 2.22. The van der Waals surface area contributed by atoms with E-state index < -0.39 is 0 Å². The zero-order chi connectivity index (χ0) is 22.5. The third-order valence-electron chi connectivity index (χ3n) is 6.05. The van der Waals surface area contributed by atoms with Crippen LogP contribution < -0.4 is 19.5 Å². The first-order chi connectivity index (χ1) is 15.6. The van der Waals surface area contributed by atoms with Crippen molar-refractivity contribution < 1.29 is 19.0 Å². The number of methoxy groups -OCH3 is 3. The van der Waals surface area contributed by atoms with Gasteiger partial charge in [0.15, 0.2) is 11.5 Å². The smallest absolute Gasteiger partial charge is 0.259 e. The van der Waals surface area contributed by atoms with E-state index in [-0.39, 0.29) is 11.4 Å². The van der Waals surface area contributed by atoms with Crippen molar-refractivity contribution >= 4 is 23.7 Å². The number of likely N-dealkylation sites (tertiary alicyclic amines) is 1. The van der Waals surface area contributed by atoms with Gasteiger partial charge in [0.1, 0.15) is 5.50 Å². The Balaban J connectivity index is 1.40. The van der Waals surface area contributed by atoms with Crippen LogP contribution in [0.1, 0.15) is 24.0 Å². The van der Waals surface area contributed by atoms with Gasteiger partial charge < -0.3 is 19.5 Å². The molecule has 4 rings (SSSR count). The first-order valence-electron chi connectivity index (χ1n) is 10.9. The Morgan fingerprint density at radius 1 is 1.03 bits per heavy atom. The van der Waals surface area contributed by atoms with Crippen LogP contribution in [0.15, 0.2) is 47.4 Å². The first kappa shape index (κ1) is 22.6. The lowest BCUT2D eigenvalue weighted by molar-refractivity contribution is -0.117. The van der Waals surface area contributed by atoms with E-state index in [4.69, 9.17) is 14.2 Å². The molecule has 1 unspecified atom stereocenters. The highest BCUT2D eigenvalue weighted by atomic mass is 32.2. The van der Waals surface area contributed by atoms with Crippen LogP contribution in [0, 0.1) is 5.92 Å². The van der Waals surface area contributed by atoms with Crippen LogP contribution in [0.4, 0.5) is 0 Å². The van der Waals surface area contributed by atoms with E-state index in [0.29, 0.717) is 28.1 Å². The fourth-order valence-corrected chi connectivity index (χ4v) is 5.46. The van der Waals surface area contributed by atoms with Gasteiger partial charge in [-0.3, -0.25) is 9.69 Å². The summed E-state index contributed by atoms with van der Waals surface area (Å²) in [7, 11) is 4.75. The monoisotopic (exact) mass is 454 g/mol. The highest BCUT2D eigenvalue weighted by molar-refractivity contribution is 8.05. The van der Waals surface area contributed by atoms with Gasteiger partial charge in [-0.25, -0.2) is 0 Å². The number of nitrogens with zero attached hydrogens (tertiary/aromatic N) is 1. The topological polar surface area (TPSA) is 60.0 Å². The summed E-state index contributed by atoms with van der Waals surface area (Å²) in [6.45, 7) is 1.99.